The summed E-state index contributed by atoms with van der Waals surface area (Å²) in [5.41, 5.74) is 1.10. The average molecular weight is 368 g/mol. The van der Waals surface area contributed by atoms with Gasteiger partial charge in [0.05, 0.1) is 41.1 Å². The molecule has 0 spiro atoms. The smallest absolute Gasteiger partial charge is 0.173 e. The van der Waals surface area contributed by atoms with E-state index in [9.17, 15) is 4.21 Å². The van der Waals surface area contributed by atoms with Crippen molar-refractivity contribution in [3.63, 3.8) is 0 Å². The monoisotopic (exact) mass is 368 g/mol. The summed E-state index contributed by atoms with van der Waals surface area (Å²) in [7, 11) is 0.312. The zero-order valence-corrected chi connectivity index (χ0v) is 15.3. The Kier molecular flexibility index (Phi) is 4.73. The van der Waals surface area contributed by atoms with Gasteiger partial charge in [-0.3, -0.25) is 0 Å². The van der Waals surface area contributed by atoms with E-state index in [-0.39, 0.29) is 0 Å². The number of hydrogen-bond acceptors (Lipinski definition) is 7. The second-order valence-electron chi connectivity index (χ2n) is 5.45. The van der Waals surface area contributed by atoms with Gasteiger partial charge in [-0.15, -0.1) is 0 Å². The molecule has 0 radical (unpaired) electrons. The van der Waals surface area contributed by atoms with Crippen LogP contribution in [0.3, 0.4) is 0 Å². The second kappa shape index (κ2) is 6.98. The molecule has 7 nitrogen and oxygen atoms in total. The number of hydrogen-bond donors (Lipinski definition) is 0. The maximum absolute atomic E-state index is 13.1. The van der Waals surface area contributed by atoms with E-state index in [0.717, 1.165) is 0 Å². The van der Waals surface area contributed by atoms with Crippen LogP contribution in [0.25, 0.3) is 10.9 Å². The van der Waals surface area contributed by atoms with Gasteiger partial charge in [0.15, 0.2) is 17.3 Å². The zero-order valence-electron chi connectivity index (χ0n) is 14.5. The predicted octanol–water partition coefficient (Wildman–Crippen LogP) is 3.31. The Hall–Kier alpha value is -3.18. The van der Waals surface area contributed by atoms with E-state index in [1.807, 2.05) is 6.07 Å². The van der Waals surface area contributed by atoms with Crippen LogP contribution in [0.2, 0.25) is 0 Å². The first-order chi connectivity index (χ1) is 12.5. The molecule has 0 bridgehead atoms. The number of nitriles is 1. The standard InChI is InChI=1S/C18H16N4O3S/c1-24-16-8-14-15(9-17(16)25-2)20-11-21-18(14)22-26(3,23)13-6-4-12(10-19)5-7-13/h4-9,11H,1-3H3. The highest BCUT2D eigenvalue weighted by Crippen LogP contribution is 2.35. The predicted molar refractivity (Wildman–Crippen MR) is 98.2 cm³/mol. The number of nitrogens with zero attached hydrogens (tertiary/aromatic N) is 4. The SMILES string of the molecule is COc1cc2ncnc(N=S(C)(=O)c3ccc(C#N)cc3)c2cc1OC. The topological polar surface area (TPSA) is 97.5 Å². The number of methoxy groups -OCH3 is 2. The fraction of sp³-hybridized carbons (Fsp3) is 0.167. The molecule has 26 heavy (non-hydrogen) atoms. The van der Waals surface area contributed by atoms with Gasteiger partial charge in [-0.05, 0) is 30.3 Å². The van der Waals surface area contributed by atoms with Crippen LogP contribution in [-0.2, 0) is 9.73 Å². The fourth-order valence-corrected chi connectivity index (χ4v) is 3.66. The van der Waals surface area contributed by atoms with Crippen LogP contribution in [0.15, 0.2) is 52.0 Å². The molecule has 3 aromatic rings. The third-order valence-corrected chi connectivity index (χ3v) is 5.47. The molecule has 0 N–H and O–H groups in total. The summed E-state index contributed by atoms with van der Waals surface area (Å²) in [6.07, 6.45) is 2.89. The minimum atomic E-state index is -2.76. The van der Waals surface area contributed by atoms with E-state index in [2.05, 4.69) is 14.3 Å². The largest absolute Gasteiger partial charge is 0.493 e. The van der Waals surface area contributed by atoms with Crippen LogP contribution in [-0.4, -0.2) is 34.7 Å². The molecule has 0 aliphatic carbocycles. The quantitative estimate of drug-likeness (QED) is 0.701. The molecule has 0 aliphatic heterocycles. The van der Waals surface area contributed by atoms with Crippen LogP contribution in [0.4, 0.5) is 5.82 Å². The highest BCUT2D eigenvalue weighted by Gasteiger charge is 2.13. The molecule has 1 atom stereocenters. The molecule has 0 aliphatic rings. The van der Waals surface area contributed by atoms with Crippen molar-refractivity contribution >= 4 is 26.4 Å². The molecular formula is C18H16N4O3S. The van der Waals surface area contributed by atoms with Gasteiger partial charge in [-0.2, -0.15) is 9.62 Å². The third-order valence-electron chi connectivity index (χ3n) is 3.80. The van der Waals surface area contributed by atoms with Crippen molar-refractivity contribution in [3.8, 4) is 17.6 Å². The number of fused-ring (bicyclic) bond motifs is 1. The summed E-state index contributed by atoms with van der Waals surface area (Å²) in [4.78, 5) is 8.91. The average Bonchev–Trinajstić information content (AvgIpc) is 2.67. The van der Waals surface area contributed by atoms with Gasteiger partial charge >= 0.3 is 0 Å². The molecule has 0 saturated heterocycles. The summed E-state index contributed by atoms with van der Waals surface area (Å²) >= 11 is 0. The van der Waals surface area contributed by atoms with Crippen LogP contribution in [0, 0.1) is 11.3 Å². The fourth-order valence-electron chi connectivity index (χ4n) is 2.44. The van der Waals surface area contributed by atoms with Gasteiger partial charge in [0.25, 0.3) is 0 Å². The van der Waals surface area contributed by atoms with Gasteiger partial charge < -0.3 is 9.47 Å². The van der Waals surface area contributed by atoms with Gasteiger partial charge in [0.1, 0.15) is 6.33 Å². The Labute approximate surface area is 151 Å². The first-order valence-electron chi connectivity index (χ1n) is 7.57. The van der Waals surface area contributed by atoms with E-state index >= 15 is 0 Å². The number of rotatable bonds is 4. The van der Waals surface area contributed by atoms with Crippen molar-refractivity contribution in [2.24, 2.45) is 4.36 Å². The third kappa shape index (κ3) is 3.30. The first-order valence-corrected chi connectivity index (χ1v) is 9.50. The zero-order chi connectivity index (χ0) is 18.7. The summed E-state index contributed by atoms with van der Waals surface area (Å²) in [5.74, 6) is 1.34. The Balaban J connectivity index is 2.19. The highest BCUT2D eigenvalue weighted by atomic mass is 32.2. The van der Waals surface area contributed by atoms with Crippen molar-refractivity contribution in [3.05, 3.63) is 48.3 Å². The van der Waals surface area contributed by atoms with Crippen molar-refractivity contribution in [2.45, 2.75) is 4.90 Å². The minimum absolute atomic E-state index is 0.299. The Morgan fingerprint density at radius 3 is 2.35 bits per heavy atom. The van der Waals surface area contributed by atoms with Crippen molar-refractivity contribution in [2.75, 3.05) is 20.5 Å². The summed E-state index contributed by atoms with van der Waals surface area (Å²) < 4.78 is 28.1. The van der Waals surface area contributed by atoms with Gasteiger partial charge in [0.2, 0.25) is 0 Å². The lowest BCUT2D eigenvalue weighted by Gasteiger charge is -2.10. The van der Waals surface area contributed by atoms with E-state index in [0.29, 0.717) is 38.7 Å². The molecule has 1 unspecified atom stereocenters. The van der Waals surface area contributed by atoms with Crippen molar-refractivity contribution in [1.82, 2.24) is 9.97 Å². The molecule has 0 saturated carbocycles. The van der Waals surface area contributed by atoms with Crippen LogP contribution < -0.4 is 9.47 Å². The van der Waals surface area contributed by atoms with Gasteiger partial charge in [0, 0.05) is 22.6 Å². The van der Waals surface area contributed by atoms with Crippen molar-refractivity contribution in [1.29, 1.82) is 5.26 Å². The van der Waals surface area contributed by atoms with E-state index in [1.54, 1.807) is 43.5 Å². The lowest BCUT2D eigenvalue weighted by atomic mass is 10.2. The Morgan fingerprint density at radius 1 is 1.08 bits per heavy atom. The second-order valence-corrected chi connectivity index (χ2v) is 7.71. The van der Waals surface area contributed by atoms with Crippen LogP contribution >= 0.6 is 0 Å². The Bertz CT molecular complexity index is 1130. The maximum atomic E-state index is 13.1. The van der Waals surface area contributed by atoms with E-state index in [1.165, 1.54) is 19.7 Å². The molecule has 8 heteroatoms. The molecule has 132 valence electrons. The summed E-state index contributed by atoms with van der Waals surface area (Å²) in [5, 5.41) is 9.50. The minimum Gasteiger partial charge on any atom is -0.493 e. The maximum Gasteiger partial charge on any atom is 0.173 e. The molecule has 0 fully saturated rings. The molecular weight excluding hydrogens is 352 g/mol. The Morgan fingerprint density at radius 2 is 1.73 bits per heavy atom. The summed E-state index contributed by atoms with van der Waals surface area (Å²) in [6, 6.07) is 12.0. The highest BCUT2D eigenvalue weighted by molar-refractivity contribution is 7.93. The molecule has 3 rings (SSSR count). The normalized spacial score (nSPS) is 12.8. The lowest BCUT2D eigenvalue weighted by molar-refractivity contribution is 0.356. The lowest BCUT2D eigenvalue weighted by Crippen LogP contribution is -1.98. The van der Waals surface area contributed by atoms with E-state index in [4.69, 9.17) is 14.7 Å². The van der Waals surface area contributed by atoms with Crippen LogP contribution in [0.5, 0.6) is 11.5 Å². The molecule has 1 aromatic heterocycles. The number of aromatic nitrogens is 2. The summed E-state index contributed by atoms with van der Waals surface area (Å²) in [6.45, 7) is 0. The number of ether oxygens (including phenoxy) is 2. The van der Waals surface area contributed by atoms with Crippen molar-refractivity contribution < 1.29 is 13.7 Å². The van der Waals surface area contributed by atoms with Gasteiger partial charge in [-0.1, -0.05) is 0 Å². The molecule has 0 amide bonds. The molecule has 2 aromatic carbocycles. The van der Waals surface area contributed by atoms with E-state index < -0.39 is 9.73 Å². The van der Waals surface area contributed by atoms with Gasteiger partial charge in [-0.25, -0.2) is 14.2 Å². The number of benzene rings is 2. The first kappa shape index (κ1) is 17.6. The molecule has 1 heterocycles. The van der Waals surface area contributed by atoms with Crippen LogP contribution in [0.1, 0.15) is 5.56 Å².